The van der Waals surface area contributed by atoms with Gasteiger partial charge in [-0.1, -0.05) is 60.7 Å². The van der Waals surface area contributed by atoms with Crippen molar-refractivity contribution >= 4 is 21.5 Å². The normalized spacial score (nSPS) is 11.1. The predicted octanol–water partition coefficient (Wildman–Crippen LogP) is 6.86. The van der Waals surface area contributed by atoms with E-state index in [2.05, 4.69) is 66.5 Å². The third kappa shape index (κ3) is 3.21. The Bertz CT molecular complexity index is 1360. The third-order valence-corrected chi connectivity index (χ3v) is 5.37. The Balaban J connectivity index is 1.61. The Labute approximate surface area is 169 Å². The summed E-state index contributed by atoms with van der Waals surface area (Å²) in [6.45, 7) is 4.23. The molecular weight excluding hydrogens is 356 g/mol. The van der Waals surface area contributed by atoms with Crippen molar-refractivity contribution in [3.05, 3.63) is 96.1 Å². The van der Waals surface area contributed by atoms with Gasteiger partial charge in [-0.2, -0.15) is 0 Å². The molecule has 0 unspecified atom stereocenters. The molecule has 4 aromatic carbocycles. The number of hydrogen-bond acceptors (Lipinski definition) is 3. The minimum absolute atomic E-state index is 0.517. The summed E-state index contributed by atoms with van der Waals surface area (Å²) in [4.78, 5) is 0. The molecule has 0 aliphatic rings. The standard InChI is InChI=1S/C26H20N2O/c1-17-11-12-21(15-18(17)2)25-23-9-5-6-10-24(23)26(28-27-25)29-22-14-13-19-7-3-4-8-20(19)16-22/h3-16H,1-2H3. The molecule has 0 spiro atoms. The fraction of sp³-hybridized carbons (Fsp3) is 0.0769. The average molecular weight is 376 g/mol. The van der Waals surface area contributed by atoms with Crippen molar-refractivity contribution in [1.29, 1.82) is 0 Å². The molecule has 140 valence electrons. The van der Waals surface area contributed by atoms with Gasteiger partial charge in [0.1, 0.15) is 11.4 Å². The smallest absolute Gasteiger partial charge is 0.246 e. The molecule has 3 nitrogen and oxygen atoms in total. The van der Waals surface area contributed by atoms with E-state index < -0.39 is 0 Å². The van der Waals surface area contributed by atoms with Gasteiger partial charge in [0.05, 0.1) is 0 Å². The summed E-state index contributed by atoms with van der Waals surface area (Å²) in [7, 11) is 0. The van der Waals surface area contributed by atoms with Gasteiger partial charge in [-0.05, 0) is 60.0 Å². The number of aromatic nitrogens is 2. The summed E-state index contributed by atoms with van der Waals surface area (Å²) in [6, 6.07) is 28.8. The lowest BCUT2D eigenvalue weighted by Crippen LogP contribution is -1.96. The van der Waals surface area contributed by atoms with E-state index >= 15 is 0 Å². The monoisotopic (exact) mass is 376 g/mol. The van der Waals surface area contributed by atoms with Gasteiger partial charge in [-0.15, -0.1) is 10.2 Å². The topological polar surface area (TPSA) is 35.0 Å². The summed E-state index contributed by atoms with van der Waals surface area (Å²) in [5.74, 6) is 1.27. The van der Waals surface area contributed by atoms with E-state index in [-0.39, 0.29) is 0 Å². The molecule has 0 aliphatic heterocycles. The molecule has 0 saturated carbocycles. The molecule has 0 N–H and O–H groups in total. The average Bonchev–Trinajstić information content (AvgIpc) is 2.76. The third-order valence-electron chi connectivity index (χ3n) is 5.37. The predicted molar refractivity (Wildman–Crippen MR) is 118 cm³/mol. The Morgan fingerprint density at radius 1 is 0.621 bits per heavy atom. The Morgan fingerprint density at radius 3 is 2.21 bits per heavy atom. The first kappa shape index (κ1) is 17.4. The van der Waals surface area contributed by atoms with Crippen LogP contribution in [0, 0.1) is 13.8 Å². The van der Waals surface area contributed by atoms with E-state index in [9.17, 15) is 0 Å². The largest absolute Gasteiger partial charge is 0.437 e. The maximum absolute atomic E-state index is 6.16. The van der Waals surface area contributed by atoms with Crippen LogP contribution in [0.1, 0.15) is 11.1 Å². The van der Waals surface area contributed by atoms with Gasteiger partial charge in [0.2, 0.25) is 5.88 Å². The molecule has 5 rings (SSSR count). The summed E-state index contributed by atoms with van der Waals surface area (Å²) < 4.78 is 6.16. The number of benzene rings is 4. The zero-order valence-corrected chi connectivity index (χ0v) is 16.4. The van der Waals surface area contributed by atoms with Crippen molar-refractivity contribution < 1.29 is 4.74 Å². The van der Waals surface area contributed by atoms with Crippen molar-refractivity contribution in [2.75, 3.05) is 0 Å². The van der Waals surface area contributed by atoms with E-state index in [1.54, 1.807) is 0 Å². The SMILES string of the molecule is Cc1ccc(-c2nnc(Oc3ccc4ccccc4c3)c3ccccc23)cc1C. The van der Waals surface area contributed by atoms with Gasteiger partial charge in [0.25, 0.3) is 0 Å². The number of nitrogens with zero attached hydrogens (tertiary/aromatic N) is 2. The van der Waals surface area contributed by atoms with E-state index in [1.165, 1.54) is 16.5 Å². The number of fused-ring (bicyclic) bond motifs is 2. The van der Waals surface area contributed by atoms with E-state index in [0.717, 1.165) is 33.2 Å². The van der Waals surface area contributed by atoms with Gasteiger partial charge in [-0.25, -0.2) is 0 Å². The Morgan fingerprint density at radius 2 is 1.38 bits per heavy atom. The van der Waals surface area contributed by atoms with Crippen molar-refractivity contribution in [2.45, 2.75) is 13.8 Å². The molecular formula is C26H20N2O. The first-order chi connectivity index (χ1) is 14.2. The molecule has 0 amide bonds. The number of aryl methyl sites for hydroxylation is 2. The second-order valence-electron chi connectivity index (χ2n) is 7.31. The zero-order valence-electron chi connectivity index (χ0n) is 16.4. The fourth-order valence-corrected chi connectivity index (χ4v) is 3.60. The molecule has 1 aromatic heterocycles. The van der Waals surface area contributed by atoms with E-state index in [1.807, 2.05) is 42.5 Å². The highest BCUT2D eigenvalue weighted by atomic mass is 16.5. The van der Waals surface area contributed by atoms with Crippen LogP contribution in [0.5, 0.6) is 11.6 Å². The van der Waals surface area contributed by atoms with Crippen LogP contribution < -0.4 is 4.74 Å². The molecule has 3 heteroatoms. The first-order valence-corrected chi connectivity index (χ1v) is 9.69. The summed E-state index contributed by atoms with van der Waals surface area (Å²) in [5.41, 5.74) is 4.44. The van der Waals surface area contributed by atoms with E-state index in [4.69, 9.17) is 4.74 Å². The maximum Gasteiger partial charge on any atom is 0.246 e. The summed E-state index contributed by atoms with van der Waals surface area (Å²) in [6.07, 6.45) is 0. The van der Waals surface area contributed by atoms with Crippen LogP contribution in [0.3, 0.4) is 0 Å². The maximum atomic E-state index is 6.16. The van der Waals surface area contributed by atoms with E-state index in [0.29, 0.717) is 5.88 Å². The molecule has 0 bridgehead atoms. The van der Waals surface area contributed by atoms with Crippen LogP contribution in [0.25, 0.3) is 32.8 Å². The Hall–Kier alpha value is -3.72. The van der Waals surface area contributed by atoms with Crippen molar-refractivity contribution in [3.8, 4) is 22.9 Å². The van der Waals surface area contributed by atoms with Crippen LogP contribution in [0.2, 0.25) is 0 Å². The van der Waals surface area contributed by atoms with Gasteiger partial charge in [0, 0.05) is 16.3 Å². The lowest BCUT2D eigenvalue weighted by Gasteiger charge is -2.12. The van der Waals surface area contributed by atoms with Gasteiger partial charge >= 0.3 is 0 Å². The van der Waals surface area contributed by atoms with Crippen LogP contribution >= 0.6 is 0 Å². The van der Waals surface area contributed by atoms with Gasteiger partial charge in [-0.3, -0.25) is 0 Å². The minimum Gasteiger partial charge on any atom is -0.437 e. The molecule has 0 atom stereocenters. The van der Waals surface area contributed by atoms with Crippen LogP contribution in [-0.4, -0.2) is 10.2 Å². The highest BCUT2D eigenvalue weighted by Gasteiger charge is 2.13. The second-order valence-corrected chi connectivity index (χ2v) is 7.31. The zero-order chi connectivity index (χ0) is 19.8. The molecule has 0 radical (unpaired) electrons. The van der Waals surface area contributed by atoms with Crippen LogP contribution in [0.4, 0.5) is 0 Å². The fourth-order valence-electron chi connectivity index (χ4n) is 3.60. The highest BCUT2D eigenvalue weighted by molar-refractivity contribution is 5.97. The van der Waals surface area contributed by atoms with Gasteiger partial charge < -0.3 is 4.74 Å². The first-order valence-electron chi connectivity index (χ1n) is 9.69. The molecule has 0 aliphatic carbocycles. The number of hydrogen-bond donors (Lipinski definition) is 0. The molecule has 29 heavy (non-hydrogen) atoms. The minimum atomic E-state index is 0.517. The second kappa shape index (κ2) is 7.02. The Kier molecular flexibility index (Phi) is 4.21. The molecule has 0 fully saturated rings. The van der Waals surface area contributed by atoms with Crippen molar-refractivity contribution in [3.63, 3.8) is 0 Å². The summed E-state index contributed by atoms with van der Waals surface area (Å²) >= 11 is 0. The van der Waals surface area contributed by atoms with Gasteiger partial charge in [0.15, 0.2) is 0 Å². The molecule has 5 aromatic rings. The number of ether oxygens (including phenoxy) is 1. The van der Waals surface area contributed by atoms with Crippen LogP contribution in [0.15, 0.2) is 84.9 Å². The molecule has 1 heterocycles. The lowest BCUT2D eigenvalue weighted by atomic mass is 10.0. The highest BCUT2D eigenvalue weighted by Crippen LogP contribution is 2.34. The number of rotatable bonds is 3. The lowest BCUT2D eigenvalue weighted by molar-refractivity contribution is 0.463. The van der Waals surface area contributed by atoms with Crippen molar-refractivity contribution in [1.82, 2.24) is 10.2 Å². The van der Waals surface area contributed by atoms with Crippen LogP contribution in [-0.2, 0) is 0 Å². The quantitative estimate of drug-likeness (QED) is 0.345. The van der Waals surface area contributed by atoms with Crippen molar-refractivity contribution in [2.24, 2.45) is 0 Å². The molecule has 0 saturated heterocycles. The summed E-state index contributed by atoms with van der Waals surface area (Å²) in [5, 5.41) is 13.3.